The van der Waals surface area contributed by atoms with Gasteiger partial charge in [0.15, 0.2) is 5.15 Å². The van der Waals surface area contributed by atoms with Crippen molar-refractivity contribution in [2.24, 2.45) is 0 Å². The molecule has 2 rings (SSSR count). The lowest BCUT2D eigenvalue weighted by molar-refractivity contribution is 0.783. The van der Waals surface area contributed by atoms with Crippen molar-refractivity contribution in [1.29, 1.82) is 0 Å². The average molecular weight is 197 g/mol. The summed E-state index contributed by atoms with van der Waals surface area (Å²) in [5.41, 5.74) is 1.40. The Kier molecular flexibility index (Phi) is 1.92. The quantitative estimate of drug-likeness (QED) is 0.711. The first-order valence-corrected chi connectivity index (χ1v) is 4.43. The Morgan fingerprint density at radius 3 is 2.85 bits per heavy atom. The third-order valence-electron chi connectivity index (χ3n) is 1.78. The Labute approximate surface area is 80.3 Å². The van der Waals surface area contributed by atoms with Gasteiger partial charge in [-0.1, -0.05) is 25.4 Å². The molecule has 68 valence electrons. The number of nitrogens with zero attached hydrogens (tertiary/aromatic N) is 3. The molecule has 0 spiro atoms. The van der Waals surface area contributed by atoms with E-state index < -0.39 is 0 Å². The topological polar surface area (TPSA) is 54.5 Å². The van der Waals surface area contributed by atoms with E-state index in [2.05, 4.69) is 20.2 Å². The zero-order valence-electron chi connectivity index (χ0n) is 7.37. The van der Waals surface area contributed by atoms with Gasteiger partial charge < -0.3 is 0 Å². The summed E-state index contributed by atoms with van der Waals surface area (Å²) in [5, 5.41) is 7.06. The van der Waals surface area contributed by atoms with Gasteiger partial charge in [-0.05, 0) is 0 Å². The van der Waals surface area contributed by atoms with Crippen LogP contribution in [0.4, 0.5) is 0 Å². The van der Waals surface area contributed by atoms with Crippen LogP contribution in [0.2, 0.25) is 5.15 Å². The lowest BCUT2D eigenvalue weighted by Gasteiger charge is -2.02. The fourth-order valence-corrected chi connectivity index (χ4v) is 1.31. The third-order valence-corrected chi connectivity index (χ3v) is 2.04. The molecule has 4 nitrogen and oxygen atoms in total. The Morgan fingerprint density at radius 1 is 1.38 bits per heavy atom. The smallest absolute Gasteiger partial charge is 0.160 e. The van der Waals surface area contributed by atoms with Gasteiger partial charge in [0.2, 0.25) is 0 Å². The largest absolute Gasteiger partial charge is 0.283 e. The van der Waals surface area contributed by atoms with Crippen molar-refractivity contribution in [3.63, 3.8) is 0 Å². The molecule has 0 aromatic carbocycles. The van der Waals surface area contributed by atoms with Crippen molar-refractivity contribution in [3.8, 4) is 0 Å². The number of nitrogens with one attached hydrogen (secondary N) is 1. The molecule has 5 heteroatoms. The van der Waals surface area contributed by atoms with E-state index in [-0.39, 0.29) is 5.92 Å². The Hall–Kier alpha value is -1.16. The summed E-state index contributed by atoms with van der Waals surface area (Å²) in [6.45, 7) is 4.05. The van der Waals surface area contributed by atoms with Gasteiger partial charge in [-0.2, -0.15) is 5.10 Å². The molecule has 13 heavy (non-hydrogen) atoms. The molecule has 0 amide bonds. The van der Waals surface area contributed by atoms with Gasteiger partial charge in [0, 0.05) is 12.1 Å². The highest BCUT2D eigenvalue weighted by atomic mass is 35.5. The van der Waals surface area contributed by atoms with Gasteiger partial charge >= 0.3 is 0 Å². The number of rotatable bonds is 1. The fourth-order valence-electron chi connectivity index (χ4n) is 1.08. The predicted molar refractivity (Wildman–Crippen MR) is 50.8 cm³/mol. The minimum atomic E-state index is 0.275. The number of H-pyrrole nitrogens is 1. The fraction of sp³-hybridized carbons (Fsp3) is 0.375. The molecule has 2 heterocycles. The number of hydrogen-bond donors (Lipinski definition) is 1. The first-order chi connectivity index (χ1) is 6.18. The van der Waals surface area contributed by atoms with Crippen molar-refractivity contribution in [2.75, 3.05) is 0 Å². The molecule has 0 aliphatic rings. The highest BCUT2D eigenvalue weighted by molar-refractivity contribution is 6.33. The number of aromatic amines is 1. The van der Waals surface area contributed by atoms with Crippen LogP contribution in [0.5, 0.6) is 0 Å². The molecule has 0 atom stereocenters. The van der Waals surface area contributed by atoms with E-state index in [4.69, 9.17) is 11.6 Å². The SMILES string of the molecule is CC(C)c1nc(Cl)c2n[nH]cc2n1. The van der Waals surface area contributed by atoms with E-state index in [1.54, 1.807) is 6.20 Å². The van der Waals surface area contributed by atoms with Crippen LogP contribution in [-0.2, 0) is 0 Å². The van der Waals surface area contributed by atoms with Crippen molar-refractivity contribution in [2.45, 2.75) is 19.8 Å². The number of halogens is 1. The minimum Gasteiger partial charge on any atom is -0.283 e. The maximum Gasteiger partial charge on any atom is 0.160 e. The van der Waals surface area contributed by atoms with E-state index in [0.717, 1.165) is 11.3 Å². The van der Waals surface area contributed by atoms with Crippen LogP contribution in [0.15, 0.2) is 6.20 Å². The van der Waals surface area contributed by atoms with Crippen LogP contribution in [-0.4, -0.2) is 20.2 Å². The molecule has 2 aromatic rings. The lowest BCUT2D eigenvalue weighted by atomic mass is 10.2. The zero-order chi connectivity index (χ0) is 9.42. The van der Waals surface area contributed by atoms with Crippen molar-refractivity contribution >= 4 is 22.6 Å². The molecular formula is C8H9ClN4. The summed E-state index contributed by atoms with van der Waals surface area (Å²) in [6.07, 6.45) is 1.72. The summed E-state index contributed by atoms with van der Waals surface area (Å²) in [4.78, 5) is 8.45. The van der Waals surface area contributed by atoms with Gasteiger partial charge in [-0.15, -0.1) is 0 Å². The maximum absolute atomic E-state index is 5.91. The molecule has 0 saturated carbocycles. The van der Waals surface area contributed by atoms with E-state index in [1.807, 2.05) is 13.8 Å². The number of hydrogen-bond acceptors (Lipinski definition) is 3. The van der Waals surface area contributed by atoms with Gasteiger partial charge in [-0.25, -0.2) is 9.97 Å². The van der Waals surface area contributed by atoms with E-state index in [9.17, 15) is 0 Å². The normalized spacial score (nSPS) is 11.4. The number of fused-ring (bicyclic) bond motifs is 1. The zero-order valence-corrected chi connectivity index (χ0v) is 8.13. The molecule has 0 radical (unpaired) electrons. The molecule has 1 N–H and O–H groups in total. The van der Waals surface area contributed by atoms with E-state index in [0.29, 0.717) is 10.7 Å². The minimum absolute atomic E-state index is 0.275. The van der Waals surface area contributed by atoms with Gasteiger partial charge in [0.1, 0.15) is 16.9 Å². The summed E-state index contributed by atoms with van der Waals surface area (Å²) in [7, 11) is 0. The van der Waals surface area contributed by atoms with Crippen LogP contribution < -0.4 is 0 Å². The van der Waals surface area contributed by atoms with Gasteiger partial charge in [-0.3, -0.25) is 5.10 Å². The van der Waals surface area contributed by atoms with Crippen LogP contribution in [0.1, 0.15) is 25.6 Å². The van der Waals surface area contributed by atoms with E-state index >= 15 is 0 Å². The molecule has 0 bridgehead atoms. The molecule has 0 fully saturated rings. The Bertz CT molecular complexity index is 435. The molecule has 2 aromatic heterocycles. The van der Waals surface area contributed by atoms with Gasteiger partial charge in [0.25, 0.3) is 0 Å². The maximum atomic E-state index is 5.91. The standard InChI is InChI=1S/C8H9ClN4/c1-4(2)8-11-5-3-10-13-6(5)7(9)12-8/h3-4H,1-2H3,(H,10,13). The highest BCUT2D eigenvalue weighted by Crippen LogP contribution is 2.20. The average Bonchev–Trinajstić information content (AvgIpc) is 2.51. The first-order valence-electron chi connectivity index (χ1n) is 4.05. The van der Waals surface area contributed by atoms with Crippen LogP contribution in [0, 0.1) is 0 Å². The molecule has 0 unspecified atom stereocenters. The van der Waals surface area contributed by atoms with Crippen molar-refractivity contribution in [1.82, 2.24) is 20.2 Å². The molecule has 0 saturated heterocycles. The second-order valence-electron chi connectivity index (χ2n) is 3.15. The first kappa shape index (κ1) is 8.44. The van der Waals surface area contributed by atoms with Crippen molar-refractivity contribution in [3.05, 3.63) is 17.2 Å². The van der Waals surface area contributed by atoms with Crippen LogP contribution in [0.25, 0.3) is 11.0 Å². The molecule has 0 aliphatic carbocycles. The summed E-state index contributed by atoms with van der Waals surface area (Å²) < 4.78 is 0. The van der Waals surface area contributed by atoms with Crippen LogP contribution in [0.3, 0.4) is 0 Å². The summed E-state index contributed by atoms with van der Waals surface area (Å²) >= 11 is 5.91. The second kappa shape index (κ2) is 2.96. The summed E-state index contributed by atoms with van der Waals surface area (Å²) in [5.74, 6) is 1.02. The van der Waals surface area contributed by atoms with Crippen LogP contribution >= 0.6 is 11.6 Å². The molecular weight excluding hydrogens is 188 g/mol. The predicted octanol–water partition coefficient (Wildman–Crippen LogP) is 2.13. The van der Waals surface area contributed by atoms with Crippen molar-refractivity contribution < 1.29 is 0 Å². The molecule has 0 aliphatic heterocycles. The Balaban J connectivity index is 2.70. The van der Waals surface area contributed by atoms with E-state index in [1.165, 1.54) is 0 Å². The second-order valence-corrected chi connectivity index (χ2v) is 3.50. The Morgan fingerprint density at radius 2 is 2.15 bits per heavy atom. The number of aromatic nitrogens is 4. The third kappa shape index (κ3) is 1.37. The summed E-state index contributed by atoms with van der Waals surface area (Å²) in [6, 6.07) is 0. The highest BCUT2D eigenvalue weighted by Gasteiger charge is 2.09. The monoisotopic (exact) mass is 196 g/mol. The lowest BCUT2D eigenvalue weighted by Crippen LogP contribution is -1.97. The van der Waals surface area contributed by atoms with Gasteiger partial charge in [0.05, 0.1) is 0 Å².